The number of carbonyl (C=O) groups excluding carboxylic acids is 1. The predicted octanol–water partition coefficient (Wildman–Crippen LogP) is 4.95. The molecule has 5 rings (SSSR count). The van der Waals surface area contributed by atoms with E-state index in [1.54, 1.807) is 17.2 Å². The second-order valence-corrected chi connectivity index (χ2v) is 8.81. The average molecular weight is 460 g/mol. The van der Waals surface area contributed by atoms with E-state index < -0.39 is 5.82 Å². The van der Waals surface area contributed by atoms with Crippen LogP contribution >= 0.6 is 0 Å². The number of piperidine rings is 1. The maximum atomic E-state index is 14.7. The lowest BCUT2D eigenvalue weighted by atomic mass is 10.0. The minimum atomic E-state index is -0.508. The van der Waals surface area contributed by atoms with Crippen LogP contribution in [-0.2, 0) is 11.8 Å². The van der Waals surface area contributed by atoms with E-state index in [1.165, 1.54) is 0 Å². The van der Waals surface area contributed by atoms with Crippen LogP contribution in [0.1, 0.15) is 44.7 Å². The molecule has 8 nitrogen and oxygen atoms in total. The summed E-state index contributed by atoms with van der Waals surface area (Å²) in [6.45, 7) is 4.92. The number of anilines is 3. The summed E-state index contributed by atoms with van der Waals surface area (Å²) in [4.78, 5) is 26.8. The number of carbonyl (C=O) groups is 1. The van der Waals surface area contributed by atoms with Gasteiger partial charge >= 0.3 is 0 Å². The first-order valence-electron chi connectivity index (χ1n) is 11.4. The van der Waals surface area contributed by atoms with Gasteiger partial charge in [-0.15, -0.1) is 0 Å². The van der Waals surface area contributed by atoms with Crippen molar-refractivity contribution in [2.45, 2.75) is 39.0 Å². The Morgan fingerprint density at radius 1 is 1.09 bits per heavy atom. The Morgan fingerprint density at radius 2 is 1.94 bits per heavy atom. The molecule has 1 aromatic carbocycles. The molecule has 1 aliphatic rings. The van der Waals surface area contributed by atoms with Crippen LogP contribution in [0.3, 0.4) is 0 Å². The van der Waals surface area contributed by atoms with Crippen LogP contribution in [0.5, 0.6) is 0 Å². The third-order valence-corrected chi connectivity index (χ3v) is 6.07. The number of hydrogen-bond donors (Lipinski definition) is 1. The van der Waals surface area contributed by atoms with E-state index in [-0.39, 0.29) is 23.5 Å². The highest BCUT2D eigenvalue weighted by atomic mass is 19.1. The minimum Gasteiger partial charge on any atom is -0.311 e. The third kappa shape index (κ3) is 4.09. The molecule has 0 aliphatic carbocycles. The molecule has 4 aromatic rings. The molecule has 174 valence electrons. The van der Waals surface area contributed by atoms with Crippen molar-refractivity contribution in [1.82, 2.24) is 24.7 Å². The topological polar surface area (TPSA) is 88.8 Å². The second kappa shape index (κ2) is 8.81. The van der Waals surface area contributed by atoms with Gasteiger partial charge in [-0.3, -0.25) is 9.48 Å². The number of amides is 1. The maximum Gasteiger partial charge on any atom is 0.229 e. The lowest BCUT2D eigenvalue weighted by Gasteiger charge is -2.26. The monoisotopic (exact) mass is 459 g/mol. The maximum absolute atomic E-state index is 14.7. The van der Waals surface area contributed by atoms with E-state index in [2.05, 4.69) is 39.2 Å². The molecule has 1 amide bonds. The highest BCUT2D eigenvalue weighted by Crippen LogP contribution is 2.30. The molecule has 0 unspecified atom stereocenters. The van der Waals surface area contributed by atoms with Crippen molar-refractivity contribution in [3.63, 3.8) is 0 Å². The van der Waals surface area contributed by atoms with Crippen molar-refractivity contribution in [2.75, 3.05) is 16.8 Å². The van der Waals surface area contributed by atoms with E-state index in [0.717, 1.165) is 41.3 Å². The van der Waals surface area contributed by atoms with Crippen LogP contribution in [0.4, 0.5) is 21.8 Å². The number of rotatable bonds is 5. The van der Waals surface area contributed by atoms with Crippen LogP contribution in [0, 0.1) is 5.82 Å². The first-order chi connectivity index (χ1) is 16.4. The number of nitrogens with zero attached hydrogens (tertiary/aromatic N) is 6. The molecule has 0 bridgehead atoms. The number of aromatic nitrogens is 5. The number of fused-ring (bicyclic) bond motifs is 1. The van der Waals surface area contributed by atoms with Crippen molar-refractivity contribution in [3.8, 4) is 11.3 Å². The van der Waals surface area contributed by atoms with Gasteiger partial charge in [-0.05, 0) is 43.0 Å². The van der Waals surface area contributed by atoms with E-state index in [4.69, 9.17) is 0 Å². The van der Waals surface area contributed by atoms with Gasteiger partial charge in [0.05, 0.1) is 23.6 Å². The summed E-state index contributed by atoms with van der Waals surface area (Å²) in [6.07, 6.45) is 5.29. The zero-order valence-corrected chi connectivity index (χ0v) is 19.4. The fraction of sp³-hybridized carbons (Fsp3) is 0.320. The summed E-state index contributed by atoms with van der Waals surface area (Å²) < 4.78 is 16.6. The standard InChI is InChI=1S/C25H26FN7O/c1-15(2)24-18-12-16(7-9-20(18)31-32(24)3)23-19(26)14-28-25(30-23)29-21-10-8-17(13-27-21)33-11-5-4-6-22(33)34/h7-10,12-15H,4-6,11H2,1-3H3,(H,27,28,29,30). The van der Waals surface area contributed by atoms with E-state index >= 15 is 0 Å². The summed E-state index contributed by atoms with van der Waals surface area (Å²) >= 11 is 0. The van der Waals surface area contributed by atoms with Crippen LogP contribution in [0.2, 0.25) is 0 Å². The number of nitrogens with one attached hydrogen (secondary N) is 1. The fourth-order valence-corrected chi connectivity index (χ4v) is 4.49. The molecule has 0 saturated carbocycles. The van der Waals surface area contributed by atoms with E-state index in [0.29, 0.717) is 24.3 Å². The quantitative estimate of drug-likeness (QED) is 0.454. The SMILES string of the molecule is CC(C)c1c2cc(-c3nc(Nc4ccc(N5CCCCC5=O)cn4)ncc3F)ccc2nn1C. The van der Waals surface area contributed by atoms with Crippen LogP contribution in [0.25, 0.3) is 22.2 Å². The summed E-state index contributed by atoms with van der Waals surface area (Å²) in [7, 11) is 1.92. The van der Waals surface area contributed by atoms with Crippen molar-refractivity contribution >= 4 is 34.3 Å². The van der Waals surface area contributed by atoms with Crippen LogP contribution < -0.4 is 10.2 Å². The lowest BCUT2D eigenvalue weighted by Crippen LogP contribution is -2.35. The van der Waals surface area contributed by atoms with Crippen molar-refractivity contribution in [1.29, 1.82) is 0 Å². The highest BCUT2D eigenvalue weighted by molar-refractivity contribution is 5.94. The molecule has 34 heavy (non-hydrogen) atoms. The zero-order valence-electron chi connectivity index (χ0n) is 19.4. The first kappa shape index (κ1) is 21.9. The Hall–Kier alpha value is -3.88. The van der Waals surface area contributed by atoms with Crippen molar-refractivity contribution < 1.29 is 9.18 Å². The second-order valence-electron chi connectivity index (χ2n) is 8.81. The molecule has 1 saturated heterocycles. The van der Waals surface area contributed by atoms with Gasteiger partial charge in [0.1, 0.15) is 11.5 Å². The third-order valence-electron chi connectivity index (χ3n) is 6.07. The molecule has 0 spiro atoms. The largest absolute Gasteiger partial charge is 0.311 e. The minimum absolute atomic E-state index is 0.117. The molecule has 3 aromatic heterocycles. The Bertz CT molecular complexity index is 1360. The summed E-state index contributed by atoms with van der Waals surface area (Å²) in [6, 6.07) is 9.23. The number of halogens is 1. The van der Waals surface area contributed by atoms with Gasteiger partial charge in [-0.25, -0.2) is 19.3 Å². The van der Waals surface area contributed by atoms with Gasteiger partial charge in [-0.1, -0.05) is 19.9 Å². The smallest absolute Gasteiger partial charge is 0.229 e. The number of benzene rings is 1. The lowest BCUT2D eigenvalue weighted by molar-refractivity contribution is -0.119. The molecule has 0 radical (unpaired) electrons. The van der Waals surface area contributed by atoms with Crippen molar-refractivity contribution in [2.24, 2.45) is 7.05 Å². The number of pyridine rings is 1. The number of aryl methyl sites for hydroxylation is 1. The fourth-order valence-electron chi connectivity index (χ4n) is 4.49. The van der Waals surface area contributed by atoms with Gasteiger partial charge in [0, 0.05) is 36.7 Å². The van der Waals surface area contributed by atoms with Crippen molar-refractivity contribution in [3.05, 3.63) is 54.2 Å². The summed E-state index contributed by atoms with van der Waals surface area (Å²) in [5.74, 6) is 0.627. The van der Waals surface area contributed by atoms with Crippen LogP contribution in [0.15, 0.2) is 42.7 Å². The molecule has 4 heterocycles. The first-order valence-corrected chi connectivity index (χ1v) is 11.4. The normalized spacial score (nSPS) is 14.3. The van der Waals surface area contributed by atoms with E-state index in [1.807, 2.05) is 36.0 Å². The Kier molecular flexibility index (Phi) is 5.69. The van der Waals surface area contributed by atoms with E-state index in [9.17, 15) is 9.18 Å². The van der Waals surface area contributed by atoms with Gasteiger partial charge in [0.2, 0.25) is 11.9 Å². The molecular formula is C25H26FN7O. The number of hydrogen-bond acceptors (Lipinski definition) is 6. The molecule has 1 fully saturated rings. The Labute approximate surface area is 196 Å². The summed E-state index contributed by atoms with van der Waals surface area (Å²) in [5.41, 5.74) is 3.56. The van der Waals surface area contributed by atoms with Gasteiger partial charge in [-0.2, -0.15) is 5.10 Å². The molecule has 1 N–H and O–H groups in total. The van der Waals surface area contributed by atoms with Crippen LogP contribution in [-0.4, -0.2) is 37.2 Å². The zero-order chi connectivity index (χ0) is 23.8. The highest BCUT2D eigenvalue weighted by Gasteiger charge is 2.20. The Balaban J connectivity index is 1.42. The Morgan fingerprint density at radius 3 is 2.68 bits per heavy atom. The average Bonchev–Trinajstić information content (AvgIpc) is 3.16. The predicted molar refractivity (Wildman–Crippen MR) is 130 cm³/mol. The molecular weight excluding hydrogens is 433 g/mol. The van der Waals surface area contributed by atoms with Gasteiger partial charge < -0.3 is 10.2 Å². The van der Waals surface area contributed by atoms with Gasteiger partial charge in [0.15, 0.2) is 5.82 Å². The van der Waals surface area contributed by atoms with Gasteiger partial charge in [0.25, 0.3) is 0 Å². The molecule has 9 heteroatoms. The molecule has 1 aliphatic heterocycles. The summed E-state index contributed by atoms with van der Waals surface area (Å²) in [5, 5.41) is 8.57. The molecule has 0 atom stereocenters.